The summed E-state index contributed by atoms with van der Waals surface area (Å²) in [6.07, 6.45) is 3.28. The smallest absolute Gasteiger partial charge is 0.225 e. The van der Waals surface area contributed by atoms with E-state index in [2.05, 4.69) is 36.1 Å². The number of likely N-dealkylation sites (tertiary alicyclic amines) is 1. The standard InChI is InChI=1S/C16H22N2O/c1-12(13-6-3-2-4-7-13)18-10-14-8-5-9-16(14,11-18)15(17)19/h2-4,6-7,12,14H,5,8-11H2,1H3,(H2,17,19)/t12-,14-,16-/m0/s1. The summed E-state index contributed by atoms with van der Waals surface area (Å²) in [5.74, 6) is 0.383. The predicted octanol–water partition coefficient (Wildman–Crippen LogP) is 2.34. The first-order valence-corrected chi connectivity index (χ1v) is 7.22. The fourth-order valence-electron chi connectivity index (χ4n) is 3.97. The SMILES string of the molecule is C[C@@H](c1ccccc1)N1C[C@@H]2CCC[C@]2(C(N)=O)C1. The number of carbonyl (C=O) groups is 1. The molecule has 0 unspecified atom stereocenters. The van der Waals surface area contributed by atoms with Crippen molar-refractivity contribution in [3.63, 3.8) is 0 Å². The Bertz CT molecular complexity index is 473. The zero-order chi connectivity index (χ0) is 13.5. The van der Waals surface area contributed by atoms with Crippen molar-refractivity contribution in [1.82, 2.24) is 4.90 Å². The Morgan fingerprint density at radius 1 is 1.42 bits per heavy atom. The van der Waals surface area contributed by atoms with Gasteiger partial charge in [0.2, 0.25) is 5.91 Å². The molecule has 1 aromatic rings. The van der Waals surface area contributed by atoms with Gasteiger partial charge >= 0.3 is 0 Å². The molecule has 1 aliphatic carbocycles. The van der Waals surface area contributed by atoms with E-state index in [0.717, 1.165) is 32.4 Å². The first-order valence-electron chi connectivity index (χ1n) is 7.22. The van der Waals surface area contributed by atoms with Crippen LogP contribution in [0, 0.1) is 11.3 Å². The van der Waals surface area contributed by atoms with Gasteiger partial charge in [-0.2, -0.15) is 0 Å². The summed E-state index contributed by atoms with van der Waals surface area (Å²) in [4.78, 5) is 14.3. The zero-order valence-electron chi connectivity index (χ0n) is 11.5. The normalized spacial score (nSPS) is 32.2. The number of rotatable bonds is 3. The van der Waals surface area contributed by atoms with Crippen LogP contribution >= 0.6 is 0 Å². The molecular formula is C16H22N2O. The molecule has 2 aliphatic rings. The molecule has 3 nitrogen and oxygen atoms in total. The van der Waals surface area contributed by atoms with E-state index >= 15 is 0 Å². The van der Waals surface area contributed by atoms with Crippen LogP contribution in [0.15, 0.2) is 30.3 Å². The van der Waals surface area contributed by atoms with Gasteiger partial charge in [-0.05, 0) is 31.2 Å². The summed E-state index contributed by atoms with van der Waals surface area (Å²) in [5.41, 5.74) is 6.78. The number of nitrogens with two attached hydrogens (primary N) is 1. The number of amides is 1. The summed E-state index contributed by atoms with van der Waals surface area (Å²) in [7, 11) is 0. The Hall–Kier alpha value is -1.35. The number of hydrogen-bond donors (Lipinski definition) is 1. The van der Waals surface area contributed by atoms with Gasteiger partial charge in [0.15, 0.2) is 0 Å². The van der Waals surface area contributed by atoms with Crippen molar-refractivity contribution >= 4 is 5.91 Å². The molecule has 0 bridgehead atoms. The van der Waals surface area contributed by atoms with E-state index in [9.17, 15) is 4.79 Å². The largest absolute Gasteiger partial charge is 0.369 e. The second kappa shape index (κ2) is 4.64. The van der Waals surface area contributed by atoms with Crippen LogP contribution in [0.4, 0.5) is 0 Å². The van der Waals surface area contributed by atoms with Crippen molar-refractivity contribution < 1.29 is 4.79 Å². The molecular weight excluding hydrogens is 236 g/mol. The molecule has 0 spiro atoms. The third-order valence-electron chi connectivity index (χ3n) is 5.22. The monoisotopic (exact) mass is 258 g/mol. The highest BCUT2D eigenvalue weighted by molar-refractivity contribution is 5.82. The van der Waals surface area contributed by atoms with Crippen LogP contribution < -0.4 is 5.73 Å². The Morgan fingerprint density at radius 2 is 2.16 bits per heavy atom. The van der Waals surface area contributed by atoms with E-state index in [1.54, 1.807) is 0 Å². The lowest BCUT2D eigenvalue weighted by atomic mass is 9.80. The second-order valence-corrected chi connectivity index (χ2v) is 6.13. The van der Waals surface area contributed by atoms with E-state index in [-0.39, 0.29) is 11.3 Å². The molecule has 102 valence electrons. The van der Waals surface area contributed by atoms with Gasteiger partial charge in [-0.3, -0.25) is 9.69 Å². The Labute approximate surface area is 114 Å². The number of fused-ring (bicyclic) bond motifs is 1. The predicted molar refractivity (Wildman–Crippen MR) is 75.4 cm³/mol. The summed E-state index contributed by atoms with van der Waals surface area (Å²) >= 11 is 0. The van der Waals surface area contributed by atoms with E-state index < -0.39 is 0 Å². The number of primary amides is 1. The maximum Gasteiger partial charge on any atom is 0.225 e. The van der Waals surface area contributed by atoms with Crippen molar-refractivity contribution in [2.75, 3.05) is 13.1 Å². The van der Waals surface area contributed by atoms with Gasteiger partial charge in [0.1, 0.15) is 0 Å². The molecule has 1 aromatic carbocycles. The van der Waals surface area contributed by atoms with Crippen LogP contribution in [-0.4, -0.2) is 23.9 Å². The minimum atomic E-state index is -0.247. The van der Waals surface area contributed by atoms with Gasteiger partial charge in [-0.1, -0.05) is 36.8 Å². The Balaban J connectivity index is 1.81. The van der Waals surface area contributed by atoms with Gasteiger partial charge in [0.05, 0.1) is 5.41 Å². The molecule has 1 aliphatic heterocycles. The fourth-order valence-corrected chi connectivity index (χ4v) is 3.97. The molecule has 2 fully saturated rings. The molecule has 3 heteroatoms. The molecule has 0 aromatic heterocycles. The molecule has 1 saturated carbocycles. The van der Waals surface area contributed by atoms with Crippen molar-refractivity contribution in [2.45, 2.75) is 32.2 Å². The van der Waals surface area contributed by atoms with Gasteiger partial charge in [0.25, 0.3) is 0 Å². The third-order valence-corrected chi connectivity index (χ3v) is 5.22. The summed E-state index contributed by atoms with van der Waals surface area (Å²) in [6, 6.07) is 10.9. The zero-order valence-corrected chi connectivity index (χ0v) is 11.5. The molecule has 3 atom stereocenters. The van der Waals surface area contributed by atoms with Gasteiger partial charge in [0, 0.05) is 19.1 Å². The molecule has 19 heavy (non-hydrogen) atoms. The molecule has 1 heterocycles. The number of nitrogens with zero attached hydrogens (tertiary/aromatic N) is 1. The molecule has 3 rings (SSSR count). The summed E-state index contributed by atoms with van der Waals surface area (Å²) < 4.78 is 0. The van der Waals surface area contributed by atoms with Crippen LogP contribution in [0.2, 0.25) is 0 Å². The molecule has 2 N–H and O–H groups in total. The highest BCUT2D eigenvalue weighted by Gasteiger charge is 2.54. The molecule has 0 radical (unpaired) electrons. The Morgan fingerprint density at radius 3 is 2.79 bits per heavy atom. The first-order chi connectivity index (χ1) is 9.13. The highest BCUT2D eigenvalue weighted by atomic mass is 16.1. The minimum Gasteiger partial charge on any atom is -0.369 e. The molecule has 1 amide bonds. The van der Waals surface area contributed by atoms with Gasteiger partial charge < -0.3 is 5.73 Å². The highest BCUT2D eigenvalue weighted by Crippen LogP contribution is 2.50. The maximum absolute atomic E-state index is 11.9. The van der Waals surface area contributed by atoms with Crippen molar-refractivity contribution in [3.8, 4) is 0 Å². The van der Waals surface area contributed by atoms with Gasteiger partial charge in [-0.25, -0.2) is 0 Å². The molecule has 1 saturated heterocycles. The van der Waals surface area contributed by atoms with E-state index in [0.29, 0.717) is 12.0 Å². The lowest BCUT2D eigenvalue weighted by molar-refractivity contribution is -0.128. The van der Waals surface area contributed by atoms with Crippen LogP contribution in [0.5, 0.6) is 0 Å². The van der Waals surface area contributed by atoms with Crippen LogP contribution in [-0.2, 0) is 4.79 Å². The topological polar surface area (TPSA) is 46.3 Å². The van der Waals surface area contributed by atoms with Crippen molar-refractivity contribution in [3.05, 3.63) is 35.9 Å². The first kappa shape index (κ1) is 12.7. The average molecular weight is 258 g/mol. The quantitative estimate of drug-likeness (QED) is 0.904. The van der Waals surface area contributed by atoms with Crippen molar-refractivity contribution in [1.29, 1.82) is 0 Å². The minimum absolute atomic E-state index is 0.0854. The number of hydrogen-bond acceptors (Lipinski definition) is 2. The lowest BCUT2D eigenvalue weighted by Crippen LogP contribution is -2.41. The van der Waals surface area contributed by atoms with Crippen LogP contribution in [0.25, 0.3) is 0 Å². The lowest BCUT2D eigenvalue weighted by Gasteiger charge is -2.28. The number of carbonyl (C=O) groups excluding carboxylic acids is 1. The third kappa shape index (κ3) is 1.96. The average Bonchev–Trinajstić information content (AvgIpc) is 2.96. The van der Waals surface area contributed by atoms with E-state index in [4.69, 9.17) is 5.73 Å². The summed E-state index contributed by atoms with van der Waals surface area (Å²) in [6.45, 7) is 4.08. The summed E-state index contributed by atoms with van der Waals surface area (Å²) in [5, 5.41) is 0. The van der Waals surface area contributed by atoms with E-state index in [1.807, 2.05) is 6.07 Å². The Kier molecular flexibility index (Phi) is 3.09. The second-order valence-electron chi connectivity index (χ2n) is 6.13. The van der Waals surface area contributed by atoms with Crippen LogP contribution in [0.1, 0.15) is 37.8 Å². The van der Waals surface area contributed by atoms with Crippen LogP contribution in [0.3, 0.4) is 0 Å². The fraction of sp³-hybridized carbons (Fsp3) is 0.562. The van der Waals surface area contributed by atoms with Gasteiger partial charge in [-0.15, -0.1) is 0 Å². The van der Waals surface area contributed by atoms with Crippen molar-refractivity contribution in [2.24, 2.45) is 17.1 Å². The maximum atomic E-state index is 11.9. The van der Waals surface area contributed by atoms with E-state index in [1.165, 1.54) is 5.56 Å². The number of benzene rings is 1.